The van der Waals surface area contributed by atoms with Crippen LogP contribution in [0.5, 0.6) is 0 Å². The van der Waals surface area contributed by atoms with Crippen molar-refractivity contribution in [2.24, 2.45) is 17.3 Å². The Morgan fingerprint density at radius 2 is 1.59 bits per heavy atom. The van der Waals surface area contributed by atoms with Gasteiger partial charge in [-0.2, -0.15) is 0 Å². The number of anilines is 1. The standard InChI is InChI=1S/C32H44N2O5S.ClH/c1-21-12-14-24(15-13-21)29(35)34(25-16-18-33(6)19-17-25)26-20-27(23-10-8-7-9-11-23)40-28(26)30(36)38-22(2)39-31(37)32(3,4)5;/h7-11,20-22,24-25H,12-19H2,1-6H3;1H. The second-order valence-electron chi connectivity index (χ2n) is 12.5. The molecule has 2 aromatic rings. The van der Waals surface area contributed by atoms with Crippen LogP contribution in [0.15, 0.2) is 36.4 Å². The van der Waals surface area contributed by atoms with Gasteiger partial charge < -0.3 is 19.3 Å². The Morgan fingerprint density at radius 3 is 2.17 bits per heavy atom. The molecule has 0 radical (unpaired) electrons. The number of hydrogen-bond donors (Lipinski definition) is 0. The van der Waals surface area contributed by atoms with Crippen LogP contribution in [0.1, 0.15) is 82.8 Å². The lowest BCUT2D eigenvalue weighted by Crippen LogP contribution is -2.49. The number of rotatable bonds is 7. The van der Waals surface area contributed by atoms with Gasteiger partial charge >= 0.3 is 11.9 Å². The first-order valence-electron chi connectivity index (χ1n) is 14.6. The summed E-state index contributed by atoms with van der Waals surface area (Å²) in [5.74, 6) is -0.334. The molecule has 1 aromatic heterocycles. The predicted octanol–water partition coefficient (Wildman–Crippen LogP) is 7.18. The van der Waals surface area contributed by atoms with Crippen LogP contribution >= 0.6 is 23.7 Å². The largest absolute Gasteiger partial charge is 0.425 e. The van der Waals surface area contributed by atoms with E-state index in [0.717, 1.165) is 62.1 Å². The Balaban J connectivity index is 0.00000462. The number of esters is 2. The molecular formula is C32H45ClN2O5S. The zero-order valence-corrected chi connectivity index (χ0v) is 26.8. The van der Waals surface area contributed by atoms with E-state index in [1.54, 1.807) is 27.7 Å². The van der Waals surface area contributed by atoms with E-state index in [1.165, 1.54) is 11.3 Å². The highest BCUT2D eigenvalue weighted by Gasteiger charge is 2.38. The molecule has 226 valence electrons. The lowest BCUT2D eigenvalue weighted by Gasteiger charge is -2.40. The van der Waals surface area contributed by atoms with E-state index in [1.807, 2.05) is 41.3 Å². The van der Waals surface area contributed by atoms with E-state index < -0.39 is 23.6 Å². The molecule has 9 heteroatoms. The van der Waals surface area contributed by atoms with Crippen molar-refractivity contribution in [1.29, 1.82) is 0 Å². The van der Waals surface area contributed by atoms with Crippen LogP contribution in [-0.2, 0) is 19.1 Å². The number of ether oxygens (including phenoxy) is 2. The highest BCUT2D eigenvalue weighted by atomic mass is 35.5. The Morgan fingerprint density at radius 1 is 0.976 bits per heavy atom. The molecule has 1 aliphatic heterocycles. The van der Waals surface area contributed by atoms with Crippen LogP contribution in [0.2, 0.25) is 0 Å². The average molecular weight is 605 g/mol. The lowest BCUT2D eigenvalue weighted by molar-refractivity contribution is -0.174. The van der Waals surface area contributed by atoms with Crippen LogP contribution in [-0.4, -0.2) is 55.2 Å². The third-order valence-electron chi connectivity index (χ3n) is 8.03. The molecule has 1 atom stereocenters. The number of nitrogens with zero attached hydrogens (tertiary/aromatic N) is 2. The minimum Gasteiger partial charge on any atom is -0.425 e. The van der Waals surface area contributed by atoms with Crippen LogP contribution in [0.3, 0.4) is 0 Å². The van der Waals surface area contributed by atoms with Gasteiger partial charge in [-0.1, -0.05) is 37.3 Å². The second-order valence-corrected chi connectivity index (χ2v) is 13.6. The van der Waals surface area contributed by atoms with Crippen molar-refractivity contribution < 1.29 is 23.9 Å². The molecule has 1 saturated heterocycles. The number of thiophene rings is 1. The number of piperidine rings is 1. The van der Waals surface area contributed by atoms with E-state index in [4.69, 9.17) is 9.47 Å². The maximum absolute atomic E-state index is 14.3. The van der Waals surface area contributed by atoms with Crippen molar-refractivity contribution in [2.45, 2.75) is 85.5 Å². The van der Waals surface area contributed by atoms with Crippen molar-refractivity contribution in [1.82, 2.24) is 4.90 Å². The predicted molar refractivity (Wildman–Crippen MR) is 167 cm³/mol. The smallest absolute Gasteiger partial charge is 0.353 e. The van der Waals surface area contributed by atoms with Gasteiger partial charge in [-0.3, -0.25) is 9.59 Å². The number of likely N-dealkylation sites (tertiary alicyclic amines) is 1. The van der Waals surface area contributed by atoms with E-state index >= 15 is 0 Å². The van der Waals surface area contributed by atoms with Crippen LogP contribution in [0.25, 0.3) is 10.4 Å². The van der Waals surface area contributed by atoms with Crippen molar-refractivity contribution in [3.63, 3.8) is 0 Å². The molecule has 41 heavy (non-hydrogen) atoms. The molecule has 1 aromatic carbocycles. The first-order valence-corrected chi connectivity index (χ1v) is 15.4. The maximum atomic E-state index is 14.3. The zero-order valence-electron chi connectivity index (χ0n) is 25.2. The summed E-state index contributed by atoms with van der Waals surface area (Å²) in [4.78, 5) is 45.8. The van der Waals surface area contributed by atoms with Gasteiger partial charge in [0.2, 0.25) is 12.2 Å². The zero-order chi connectivity index (χ0) is 29.0. The fourth-order valence-electron chi connectivity index (χ4n) is 5.46. The molecule has 1 amide bonds. The highest BCUT2D eigenvalue weighted by molar-refractivity contribution is 7.18. The molecule has 1 aliphatic carbocycles. The van der Waals surface area contributed by atoms with Crippen molar-refractivity contribution >= 4 is 47.3 Å². The van der Waals surface area contributed by atoms with Gasteiger partial charge in [-0.25, -0.2) is 4.79 Å². The SMILES string of the molecule is CC1CCC(C(=O)N(c2cc(-c3ccccc3)sc2C(=O)OC(C)OC(=O)C(C)(C)C)C2CCN(C)CC2)CC1.Cl. The Labute approximate surface area is 255 Å². The minimum atomic E-state index is -1.05. The molecule has 1 saturated carbocycles. The van der Waals surface area contributed by atoms with Crippen LogP contribution in [0.4, 0.5) is 5.69 Å². The first-order chi connectivity index (χ1) is 18.9. The van der Waals surface area contributed by atoms with E-state index in [9.17, 15) is 14.4 Å². The molecular weight excluding hydrogens is 560 g/mol. The summed E-state index contributed by atoms with van der Waals surface area (Å²) in [6.07, 6.45) is 4.47. The van der Waals surface area contributed by atoms with Crippen molar-refractivity contribution in [3.8, 4) is 10.4 Å². The summed E-state index contributed by atoms with van der Waals surface area (Å²) < 4.78 is 11.1. The molecule has 0 spiro atoms. The summed E-state index contributed by atoms with van der Waals surface area (Å²) in [7, 11) is 2.10. The average Bonchev–Trinajstić information content (AvgIpc) is 3.35. The highest BCUT2D eigenvalue weighted by Crippen LogP contribution is 2.41. The summed E-state index contributed by atoms with van der Waals surface area (Å²) in [6, 6.07) is 11.9. The number of amides is 1. The van der Waals surface area contributed by atoms with Gasteiger partial charge in [0.15, 0.2) is 0 Å². The Bertz CT molecular complexity index is 1180. The van der Waals surface area contributed by atoms with Gasteiger partial charge in [-0.15, -0.1) is 23.7 Å². The molecule has 4 rings (SSSR count). The normalized spacial score (nSPS) is 20.9. The summed E-state index contributed by atoms with van der Waals surface area (Å²) in [5, 5.41) is 0. The topological polar surface area (TPSA) is 76.1 Å². The molecule has 7 nitrogen and oxygen atoms in total. The van der Waals surface area contributed by atoms with Gasteiger partial charge in [0.1, 0.15) is 4.88 Å². The first kappa shape index (κ1) is 33.1. The lowest BCUT2D eigenvalue weighted by atomic mass is 9.82. The summed E-state index contributed by atoms with van der Waals surface area (Å²) >= 11 is 1.33. The Hall–Kier alpha value is -2.42. The van der Waals surface area contributed by atoms with E-state index in [0.29, 0.717) is 16.5 Å². The second kappa shape index (κ2) is 14.2. The molecule has 2 heterocycles. The van der Waals surface area contributed by atoms with Gasteiger partial charge in [0, 0.05) is 23.8 Å². The van der Waals surface area contributed by atoms with Crippen molar-refractivity contribution in [2.75, 3.05) is 25.0 Å². The van der Waals surface area contributed by atoms with Gasteiger partial charge in [-0.05, 0) is 97.0 Å². The van der Waals surface area contributed by atoms with Gasteiger partial charge in [0.05, 0.1) is 11.1 Å². The fraction of sp³-hybridized carbons (Fsp3) is 0.594. The fourth-order valence-corrected chi connectivity index (χ4v) is 6.50. The molecule has 1 unspecified atom stereocenters. The van der Waals surface area contributed by atoms with E-state index in [2.05, 4.69) is 18.9 Å². The number of benzene rings is 1. The number of carbonyl (C=O) groups is 3. The Kier molecular flexibility index (Phi) is 11.4. The van der Waals surface area contributed by atoms with Crippen LogP contribution in [0, 0.1) is 17.3 Å². The van der Waals surface area contributed by atoms with Crippen LogP contribution < -0.4 is 4.90 Å². The number of hydrogen-bond acceptors (Lipinski definition) is 7. The molecule has 0 bridgehead atoms. The third-order valence-corrected chi connectivity index (χ3v) is 9.18. The number of halogens is 1. The number of carbonyl (C=O) groups excluding carboxylic acids is 3. The monoisotopic (exact) mass is 604 g/mol. The third kappa shape index (κ3) is 8.33. The summed E-state index contributed by atoms with van der Waals surface area (Å²) in [6.45, 7) is 10.9. The minimum absolute atomic E-state index is 0. The van der Waals surface area contributed by atoms with Gasteiger partial charge in [0.25, 0.3) is 0 Å². The molecule has 2 aliphatic rings. The quantitative estimate of drug-likeness (QED) is 0.246. The summed E-state index contributed by atoms with van der Waals surface area (Å²) in [5.41, 5.74) is 0.869. The van der Waals surface area contributed by atoms with E-state index in [-0.39, 0.29) is 30.3 Å². The molecule has 0 N–H and O–H groups in total. The molecule has 2 fully saturated rings. The van der Waals surface area contributed by atoms with Crippen molar-refractivity contribution in [3.05, 3.63) is 41.3 Å². The maximum Gasteiger partial charge on any atom is 0.353 e.